The van der Waals surface area contributed by atoms with Crippen LogP contribution < -0.4 is 5.73 Å². The van der Waals surface area contributed by atoms with Crippen LogP contribution >= 0.6 is 22.7 Å². The van der Waals surface area contributed by atoms with Gasteiger partial charge in [0.25, 0.3) is 0 Å². The van der Waals surface area contributed by atoms with Crippen molar-refractivity contribution in [2.24, 2.45) is 0 Å². The van der Waals surface area contributed by atoms with Crippen LogP contribution in [0.15, 0.2) is 17.5 Å². The summed E-state index contributed by atoms with van der Waals surface area (Å²) in [7, 11) is 0. The van der Waals surface area contributed by atoms with E-state index in [2.05, 4.69) is 4.98 Å². The van der Waals surface area contributed by atoms with Crippen molar-refractivity contribution in [3.63, 3.8) is 0 Å². The van der Waals surface area contributed by atoms with E-state index in [-0.39, 0.29) is 6.42 Å². The van der Waals surface area contributed by atoms with Crippen molar-refractivity contribution in [1.82, 2.24) is 4.98 Å². The van der Waals surface area contributed by atoms with Crippen molar-refractivity contribution >= 4 is 33.8 Å². The Labute approximate surface area is 94.0 Å². The molecule has 4 nitrogen and oxygen atoms in total. The van der Waals surface area contributed by atoms with Gasteiger partial charge in [0.15, 0.2) is 5.13 Å². The van der Waals surface area contributed by atoms with Gasteiger partial charge in [0.05, 0.1) is 17.0 Å². The smallest absolute Gasteiger partial charge is 0.308 e. The second-order valence-electron chi connectivity index (χ2n) is 2.91. The maximum Gasteiger partial charge on any atom is 0.308 e. The first kappa shape index (κ1) is 10.1. The van der Waals surface area contributed by atoms with Gasteiger partial charge in [-0.3, -0.25) is 4.79 Å². The molecule has 0 bridgehead atoms. The molecule has 3 N–H and O–H groups in total. The minimum absolute atomic E-state index is 0.0598. The van der Waals surface area contributed by atoms with E-state index in [1.54, 1.807) is 0 Å². The lowest BCUT2D eigenvalue weighted by atomic mass is 10.3. The Balaban J connectivity index is 2.23. The number of aromatic nitrogens is 1. The van der Waals surface area contributed by atoms with Crippen LogP contribution in [-0.4, -0.2) is 16.1 Å². The summed E-state index contributed by atoms with van der Waals surface area (Å²) in [6.45, 7) is 0. The van der Waals surface area contributed by atoms with Gasteiger partial charge in [-0.1, -0.05) is 0 Å². The van der Waals surface area contributed by atoms with Crippen LogP contribution in [0.2, 0.25) is 0 Å². The highest BCUT2D eigenvalue weighted by atomic mass is 32.1. The summed E-state index contributed by atoms with van der Waals surface area (Å²) in [5.41, 5.74) is 6.34. The zero-order chi connectivity index (χ0) is 10.8. The maximum atomic E-state index is 10.5. The average molecular weight is 240 g/mol. The summed E-state index contributed by atoms with van der Waals surface area (Å²) >= 11 is 2.81. The number of thiophene rings is 1. The number of thiazole rings is 1. The first-order valence-corrected chi connectivity index (χ1v) is 5.86. The zero-order valence-electron chi connectivity index (χ0n) is 7.64. The molecule has 2 aromatic heterocycles. The Hall–Kier alpha value is -1.40. The highest BCUT2D eigenvalue weighted by molar-refractivity contribution is 7.17. The van der Waals surface area contributed by atoms with Crippen LogP contribution in [0.4, 0.5) is 5.13 Å². The molecule has 0 spiro atoms. The van der Waals surface area contributed by atoms with E-state index in [0.29, 0.717) is 5.13 Å². The summed E-state index contributed by atoms with van der Waals surface area (Å²) in [4.78, 5) is 16.4. The van der Waals surface area contributed by atoms with Gasteiger partial charge < -0.3 is 10.8 Å². The van der Waals surface area contributed by atoms with Gasteiger partial charge in [-0.2, -0.15) is 0 Å². The Morgan fingerprint density at radius 3 is 2.93 bits per heavy atom. The summed E-state index contributed by atoms with van der Waals surface area (Å²) in [5, 5.41) is 11.0. The Morgan fingerprint density at radius 2 is 2.33 bits per heavy atom. The number of aliphatic carboxylic acids is 1. The van der Waals surface area contributed by atoms with Crippen LogP contribution in [0.3, 0.4) is 0 Å². The minimum atomic E-state index is -0.818. The van der Waals surface area contributed by atoms with Gasteiger partial charge in [-0.25, -0.2) is 4.98 Å². The predicted molar refractivity (Wildman–Crippen MR) is 61.2 cm³/mol. The highest BCUT2D eigenvalue weighted by Gasteiger charge is 2.08. The molecule has 15 heavy (non-hydrogen) atoms. The molecule has 0 aromatic carbocycles. The molecule has 0 fully saturated rings. The fraction of sp³-hybridized carbons (Fsp3) is 0.111. The van der Waals surface area contributed by atoms with E-state index >= 15 is 0 Å². The second-order valence-corrected chi connectivity index (χ2v) is 4.97. The highest BCUT2D eigenvalue weighted by Crippen LogP contribution is 2.29. The zero-order valence-corrected chi connectivity index (χ0v) is 9.27. The molecule has 6 heteroatoms. The standard InChI is InChI=1S/C9H8N2O2S2/c10-9-11-6(4-14-9)7-2-1-5(15-7)3-8(12)13/h1-2,4H,3H2,(H2,10,11)(H,12,13). The molecule has 0 saturated heterocycles. The number of nitrogen functional groups attached to an aromatic ring is 1. The first-order valence-electron chi connectivity index (χ1n) is 4.17. The summed E-state index contributed by atoms with van der Waals surface area (Å²) < 4.78 is 0. The number of carboxylic acid groups (broad SMARTS) is 1. The van der Waals surface area contributed by atoms with Gasteiger partial charge in [0.1, 0.15) is 0 Å². The molecule has 0 aliphatic carbocycles. The molecule has 0 amide bonds. The predicted octanol–water partition coefficient (Wildman–Crippen LogP) is 2.08. The van der Waals surface area contributed by atoms with Crippen LogP contribution in [0.25, 0.3) is 10.6 Å². The van der Waals surface area contributed by atoms with Gasteiger partial charge in [-0.05, 0) is 12.1 Å². The van der Waals surface area contributed by atoms with E-state index in [1.165, 1.54) is 22.7 Å². The topological polar surface area (TPSA) is 76.2 Å². The fourth-order valence-corrected chi connectivity index (χ4v) is 2.76. The number of hydrogen-bond donors (Lipinski definition) is 2. The SMILES string of the molecule is Nc1nc(-c2ccc(CC(=O)O)s2)cs1. The number of carboxylic acids is 1. The minimum Gasteiger partial charge on any atom is -0.481 e. The largest absolute Gasteiger partial charge is 0.481 e. The van der Waals surface area contributed by atoms with E-state index in [1.807, 2.05) is 17.5 Å². The molecule has 2 aromatic rings. The van der Waals surface area contributed by atoms with Gasteiger partial charge >= 0.3 is 5.97 Å². The third-order valence-electron chi connectivity index (χ3n) is 1.76. The summed E-state index contributed by atoms with van der Waals surface area (Å²) in [5.74, 6) is -0.818. The maximum absolute atomic E-state index is 10.5. The lowest BCUT2D eigenvalue weighted by Gasteiger charge is -1.89. The Morgan fingerprint density at radius 1 is 1.53 bits per heavy atom. The second kappa shape index (κ2) is 4.00. The number of hydrogen-bond acceptors (Lipinski definition) is 5. The molecule has 2 heterocycles. The summed E-state index contributed by atoms with van der Waals surface area (Å²) in [6, 6.07) is 3.68. The van der Waals surface area contributed by atoms with E-state index in [9.17, 15) is 4.79 Å². The Bertz CT molecular complexity index is 490. The molecule has 0 atom stereocenters. The molecule has 78 valence electrons. The molecule has 2 rings (SSSR count). The summed E-state index contributed by atoms with van der Waals surface area (Å²) in [6.07, 6.45) is 0.0598. The van der Waals surface area contributed by atoms with Crippen LogP contribution in [0, 0.1) is 0 Å². The van der Waals surface area contributed by atoms with E-state index in [0.717, 1.165) is 15.4 Å². The van der Waals surface area contributed by atoms with Gasteiger partial charge in [-0.15, -0.1) is 22.7 Å². The number of anilines is 1. The van der Waals surface area contributed by atoms with Crippen molar-refractivity contribution < 1.29 is 9.90 Å². The van der Waals surface area contributed by atoms with Crippen LogP contribution in [-0.2, 0) is 11.2 Å². The lowest BCUT2D eigenvalue weighted by molar-refractivity contribution is -0.136. The quantitative estimate of drug-likeness (QED) is 0.861. The van der Waals surface area contributed by atoms with Gasteiger partial charge in [0, 0.05) is 10.3 Å². The number of rotatable bonds is 3. The number of nitrogens with zero attached hydrogens (tertiary/aromatic N) is 1. The molecule has 0 aliphatic heterocycles. The van der Waals surface area contributed by atoms with Crippen molar-refractivity contribution in [2.45, 2.75) is 6.42 Å². The monoisotopic (exact) mass is 240 g/mol. The molecular formula is C9H8N2O2S2. The molecule has 0 saturated carbocycles. The van der Waals surface area contributed by atoms with Crippen molar-refractivity contribution in [3.8, 4) is 10.6 Å². The van der Waals surface area contributed by atoms with Crippen molar-refractivity contribution in [2.75, 3.05) is 5.73 Å². The van der Waals surface area contributed by atoms with Gasteiger partial charge in [0.2, 0.25) is 0 Å². The molecular weight excluding hydrogens is 232 g/mol. The molecule has 0 radical (unpaired) electrons. The number of carbonyl (C=O) groups is 1. The van der Waals surface area contributed by atoms with E-state index < -0.39 is 5.97 Å². The Kier molecular flexibility index (Phi) is 2.70. The van der Waals surface area contributed by atoms with Crippen LogP contribution in [0.5, 0.6) is 0 Å². The number of nitrogens with two attached hydrogens (primary N) is 1. The molecule has 0 unspecified atom stereocenters. The van der Waals surface area contributed by atoms with Crippen LogP contribution in [0.1, 0.15) is 4.88 Å². The van der Waals surface area contributed by atoms with E-state index in [4.69, 9.17) is 10.8 Å². The third-order valence-corrected chi connectivity index (χ3v) is 3.54. The van der Waals surface area contributed by atoms with Crippen molar-refractivity contribution in [1.29, 1.82) is 0 Å². The average Bonchev–Trinajstić information content (AvgIpc) is 2.72. The normalized spacial score (nSPS) is 10.4. The third kappa shape index (κ3) is 2.34. The van der Waals surface area contributed by atoms with Crippen molar-refractivity contribution in [3.05, 3.63) is 22.4 Å². The lowest BCUT2D eigenvalue weighted by Crippen LogP contribution is -1.96. The first-order chi connectivity index (χ1) is 7.15. The fourth-order valence-electron chi connectivity index (χ4n) is 1.16. The molecule has 0 aliphatic rings.